The molecule has 0 spiro atoms. The Labute approximate surface area is 153 Å². The summed E-state index contributed by atoms with van der Waals surface area (Å²) in [7, 11) is 0. The molecule has 2 N–H and O–H groups in total. The van der Waals surface area contributed by atoms with Crippen LogP contribution in [-0.4, -0.2) is 33.6 Å². The van der Waals surface area contributed by atoms with E-state index in [4.69, 9.17) is 4.74 Å². The van der Waals surface area contributed by atoms with E-state index in [0.29, 0.717) is 12.6 Å². The van der Waals surface area contributed by atoms with Gasteiger partial charge in [0.25, 0.3) is 0 Å². The molecule has 26 heavy (non-hydrogen) atoms. The van der Waals surface area contributed by atoms with E-state index in [2.05, 4.69) is 44.6 Å². The number of hydrogen-bond donors (Lipinski definition) is 2. The zero-order valence-corrected chi connectivity index (χ0v) is 15.1. The summed E-state index contributed by atoms with van der Waals surface area (Å²) < 4.78 is 6.28. The van der Waals surface area contributed by atoms with Gasteiger partial charge in [0.15, 0.2) is 0 Å². The summed E-state index contributed by atoms with van der Waals surface area (Å²) >= 11 is 0. The lowest BCUT2D eigenvalue weighted by Crippen LogP contribution is -2.21. The van der Waals surface area contributed by atoms with Gasteiger partial charge in [0.2, 0.25) is 0 Å². The second-order valence-electron chi connectivity index (χ2n) is 6.85. The highest BCUT2D eigenvalue weighted by atomic mass is 16.5. The standard InChI is InChI=1S/C20H23N5O/c1-13-9-21-12-19(20(13)26-16-7-14(2)24-11-16)25-10-15-3-4-17-18(8-15)23-6-5-22-17/h3-6,8-9,12,14,16,24-25H,7,10-11H2,1-2H3/t14-,16-/m1/s1. The number of ether oxygens (including phenoxy) is 1. The third-order valence-electron chi connectivity index (χ3n) is 4.69. The van der Waals surface area contributed by atoms with Crippen LogP contribution in [0.1, 0.15) is 24.5 Å². The van der Waals surface area contributed by atoms with Gasteiger partial charge in [-0.2, -0.15) is 0 Å². The minimum Gasteiger partial charge on any atom is -0.486 e. The van der Waals surface area contributed by atoms with Crippen molar-refractivity contribution in [3.8, 4) is 5.75 Å². The molecule has 0 bridgehead atoms. The summed E-state index contributed by atoms with van der Waals surface area (Å²) in [6, 6.07) is 6.62. The molecule has 1 aromatic carbocycles. The van der Waals surface area contributed by atoms with Crippen LogP contribution in [0.5, 0.6) is 5.75 Å². The van der Waals surface area contributed by atoms with Gasteiger partial charge in [-0.25, -0.2) is 0 Å². The predicted molar refractivity (Wildman–Crippen MR) is 102 cm³/mol. The first kappa shape index (κ1) is 16.7. The van der Waals surface area contributed by atoms with Crippen molar-refractivity contribution in [2.24, 2.45) is 0 Å². The number of benzene rings is 1. The predicted octanol–water partition coefficient (Wildman–Crippen LogP) is 3.07. The fourth-order valence-corrected chi connectivity index (χ4v) is 3.30. The summed E-state index contributed by atoms with van der Waals surface area (Å²) in [6.45, 7) is 5.77. The molecular weight excluding hydrogens is 326 g/mol. The fraction of sp³-hybridized carbons (Fsp3) is 0.350. The van der Waals surface area contributed by atoms with E-state index in [-0.39, 0.29) is 6.10 Å². The highest BCUT2D eigenvalue weighted by Crippen LogP contribution is 2.30. The number of aromatic nitrogens is 3. The number of anilines is 1. The van der Waals surface area contributed by atoms with Crippen LogP contribution < -0.4 is 15.4 Å². The number of fused-ring (bicyclic) bond motifs is 1. The molecule has 0 unspecified atom stereocenters. The minimum absolute atomic E-state index is 0.197. The second-order valence-corrected chi connectivity index (χ2v) is 6.85. The third-order valence-corrected chi connectivity index (χ3v) is 4.69. The van der Waals surface area contributed by atoms with Gasteiger partial charge in [-0.05, 0) is 31.5 Å². The normalized spacial score (nSPS) is 19.6. The monoisotopic (exact) mass is 349 g/mol. The number of nitrogens with one attached hydrogen (secondary N) is 2. The molecule has 6 heteroatoms. The number of pyridine rings is 1. The van der Waals surface area contributed by atoms with Gasteiger partial charge in [0, 0.05) is 49.7 Å². The van der Waals surface area contributed by atoms with Crippen molar-refractivity contribution in [1.29, 1.82) is 0 Å². The van der Waals surface area contributed by atoms with Crippen molar-refractivity contribution in [3.05, 3.63) is 54.1 Å². The van der Waals surface area contributed by atoms with Crippen molar-refractivity contribution in [3.63, 3.8) is 0 Å². The number of hydrogen-bond acceptors (Lipinski definition) is 6. The summed E-state index contributed by atoms with van der Waals surface area (Å²) in [5.41, 5.74) is 4.90. The van der Waals surface area contributed by atoms with Crippen molar-refractivity contribution in [1.82, 2.24) is 20.3 Å². The Balaban J connectivity index is 1.51. The van der Waals surface area contributed by atoms with Gasteiger partial charge < -0.3 is 15.4 Å². The zero-order chi connectivity index (χ0) is 17.9. The van der Waals surface area contributed by atoms with Crippen LogP contribution in [0.15, 0.2) is 43.0 Å². The first-order valence-electron chi connectivity index (χ1n) is 8.97. The molecule has 3 aromatic rings. The Bertz CT molecular complexity index is 914. The maximum absolute atomic E-state index is 6.28. The molecule has 1 fully saturated rings. The van der Waals surface area contributed by atoms with Crippen molar-refractivity contribution < 1.29 is 4.74 Å². The topological polar surface area (TPSA) is 72.0 Å². The minimum atomic E-state index is 0.197. The van der Waals surface area contributed by atoms with Gasteiger partial charge in [0.05, 0.1) is 22.9 Å². The van der Waals surface area contributed by atoms with Gasteiger partial charge in [-0.1, -0.05) is 6.07 Å². The molecule has 6 nitrogen and oxygen atoms in total. The quantitative estimate of drug-likeness (QED) is 0.738. The van der Waals surface area contributed by atoms with Crippen LogP contribution in [0.3, 0.4) is 0 Å². The Morgan fingerprint density at radius 3 is 2.85 bits per heavy atom. The third kappa shape index (κ3) is 3.60. The largest absolute Gasteiger partial charge is 0.486 e. The fourth-order valence-electron chi connectivity index (χ4n) is 3.30. The molecule has 0 radical (unpaired) electrons. The average Bonchev–Trinajstić information content (AvgIpc) is 3.07. The summed E-state index contributed by atoms with van der Waals surface area (Å²) in [4.78, 5) is 13.0. The number of rotatable bonds is 5. The van der Waals surface area contributed by atoms with Crippen molar-refractivity contribution >= 4 is 16.7 Å². The smallest absolute Gasteiger partial charge is 0.148 e. The average molecular weight is 349 g/mol. The molecule has 1 aliphatic rings. The first-order chi connectivity index (χ1) is 12.7. The van der Waals surface area contributed by atoms with Crippen molar-refractivity contribution in [2.75, 3.05) is 11.9 Å². The van der Waals surface area contributed by atoms with E-state index in [9.17, 15) is 0 Å². The summed E-state index contributed by atoms with van der Waals surface area (Å²) in [5, 5.41) is 6.89. The molecule has 1 aliphatic heterocycles. The SMILES string of the molecule is Cc1cncc(NCc2ccc3nccnc3c2)c1O[C@H]1CN[C@H](C)C1. The van der Waals surface area contributed by atoms with Crippen LogP contribution in [0.4, 0.5) is 5.69 Å². The molecule has 0 aliphatic carbocycles. The van der Waals surface area contributed by atoms with E-state index in [1.165, 1.54) is 0 Å². The van der Waals surface area contributed by atoms with Gasteiger partial charge >= 0.3 is 0 Å². The first-order valence-corrected chi connectivity index (χ1v) is 8.97. The van der Waals surface area contributed by atoms with Crippen LogP contribution >= 0.6 is 0 Å². The van der Waals surface area contributed by atoms with Crippen molar-refractivity contribution in [2.45, 2.75) is 39.0 Å². The van der Waals surface area contributed by atoms with Crippen LogP contribution in [0, 0.1) is 6.92 Å². The van der Waals surface area contributed by atoms with Crippen LogP contribution in [0.2, 0.25) is 0 Å². The number of aryl methyl sites for hydroxylation is 1. The molecule has 1 saturated heterocycles. The number of nitrogens with zero attached hydrogens (tertiary/aromatic N) is 3. The van der Waals surface area contributed by atoms with E-state index in [1.807, 2.05) is 25.4 Å². The second kappa shape index (κ2) is 7.25. The lowest BCUT2D eigenvalue weighted by molar-refractivity contribution is 0.220. The van der Waals surface area contributed by atoms with E-state index < -0.39 is 0 Å². The lowest BCUT2D eigenvalue weighted by atomic mass is 10.2. The molecule has 4 rings (SSSR count). The molecular formula is C20H23N5O. The van der Waals surface area contributed by atoms with Gasteiger partial charge in [-0.15, -0.1) is 0 Å². The van der Waals surface area contributed by atoms with Gasteiger partial charge in [-0.3, -0.25) is 15.0 Å². The Morgan fingerprint density at radius 1 is 1.19 bits per heavy atom. The molecule has 2 aromatic heterocycles. The van der Waals surface area contributed by atoms with Crippen LogP contribution in [0.25, 0.3) is 11.0 Å². The maximum Gasteiger partial charge on any atom is 0.148 e. The molecule has 0 saturated carbocycles. The molecule has 134 valence electrons. The Kier molecular flexibility index (Phi) is 4.67. The summed E-state index contributed by atoms with van der Waals surface area (Å²) in [6.07, 6.45) is 8.31. The van der Waals surface area contributed by atoms with E-state index in [1.54, 1.807) is 12.4 Å². The highest BCUT2D eigenvalue weighted by molar-refractivity contribution is 5.74. The zero-order valence-electron chi connectivity index (χ0n) is 15.1. The van der Waals surface area contributed by atoms with E-state index in [0.717, 1.165) is 46.6 Å². The van der Waals surface area contributed by atoms with Gasteiger partial charge in [0.1, 0.15) is 11.9 Å². The molecule has 2 atom stereocenters. The highest BCUT2D eigenvalue weighted by Gasteiger charge is 2.23. The summed E-state index contributed by atoms with van der Waals surface area (Å²) in [5.74, 6) is 0.890. The molecule has 3 heterocycles. The molecule has 0 amide bonds. The maximum atomic E-state index is 6.28. The lowest BCUT2D eigenvalue weighted by Gasteiger charge is -2.19. The van der Waals surface area contributed by atoms with E-state index >= 15 is 0 Å². The Hall–Kier alpha value is -2.73. The van der Waals surface area contributed by atoms with Crippen LogP contribution in [-0.2, 0) is 6.54 Å². The Morgan fingerprint density at radius 2 is 2.04 bits per heavy atom.